The molecule has 0 spiro atoms. The molecule has 4 amide bonds. The summed E-state index contributed by atoms with van der Waals surface area (Å²) < 4.78 is 5.10. The number of hydrogen-bond acceptors (Lipinski definition) is 6. The van der Waals surface area contributed by atoms with Crippen LogP contribution in [0.3, 0.4) is 0 Å². The van der Waals surface area contributed by atoms with E-state index in [2.05, 4.69) is 5.32 Å². The highest BCUT2D eigenvalue weighted by Gasteiger charge is 2.52. The molecule has 2 aliphatic rings. The third-order valence-electron chi connectivity index (χ3n) is 6.86. The molecule has 1 aromatic heterocycles. The third-order valence-corrected chi connectivity index (χ3v) is 7.60. The molecule has 34 heavy (non-hydrogen) atoms. The average molecular weight is 484 g/mol. The molecule has 1 atom stereocenters. The van der Waals surface area contributed by atoms with Crippen LogP contribution < -0.4 is 10.1 Å². The van der Waals surface area contributed by atoms with E-state index in [-0.39, 0.29) is 48.9 Å². The van der Waals surface area contributed by atoms with Crippen LogP contribution >= 0.6 is 11.3 Å². The summed E-state index contributed by atoms with van der Waals surface area (Å²) in [7, 11) is 1.57. The van der Waals surface area contributed by atoms with Crippen molar-refractivity contribution >= 4 is 35.0 Å². The lowest BCUT2D eigenvalue weighted by Gasteiger charge is -2.39. The normalized spacial score (nSPS) is 21.0. The van der Waals surface area contributed by atoms with Gasteiger partial charge in [-0.05, 0) is 72.3 Å². The number of ether oxygens (including phenoxy) is 1. The Morgan fingerprint density at radius 1 is 1.12 bits per heavy atom. The van der Waals surface area contributed by atoms with E-state index in [9.17, 15) is 19.2 Å². The predicted molar refractivity (Wildman–Crippen MR) is 128 cm³/mol. The highest BCUT2D eigenvalue weighted by Crippen LogP contribution is 2.34. The SMILES string of the molecule is COc1ccc(C(=O)CCC(=O)N2CCC([C@@]3(C)NC(=O)N(Cc4ccsc4)C3=O)CC2)cc1. The zero-order valence-electron chi connectivity index (χ0n) is 19.4. The molecule has 0 saturated carbocycles. The van der Waals surface area contributed by atoms with Gasteiger partial charge in [0.2, 0.25) is 5.91 Å². The molecule has 2 fully saturated rings. The van der Waals surface area contributed by atoms with Gasteiger partial charge in [0.15, 0.2) is 5.78 Å². The topological polar surface area (TPSA) is 96.0 Å². The summed E-state index contributed by atoms with van der Waals surface area (Å²) in [5.74, 6) is 0.269. The number of carbonyl (C=O) groups excluding carboxylic acids is 4. The molecule has 2 aromatic rings. The maximum atomic E-state index is 13.2. The molecule has 180 valence electrons. The Morgan fingerprint density at radius 3 is 2.44 bits per heavy atom. The molecular weight excluding hydrogens is 454 g/mol. The molecule has 9 heteroatoms. The van der Waals surface area contributed by atoms with Crippen LogP contribution in [0.1, 0.15) is 48.5 Å². The van der Waals surface area contributed by atoms with Crippen molar-refractivity contribution in [3.05, 3.63) is 52.2 Å². The number of methoxy groups -OCH3 is 1. The van der Waals surface area contributed by atoms with Crippen LogP contribution in [0.15, 0.2) is 41.1 Å². The Labute approximate surface area is 202 Å². The fourth-order valence-electron chi connectivity index (χ4n) is 4.71. The molecule has 8 nitrogen and oxygen atoms in total. The second-order valence-electron chi connectivity index (χ2n) is 8.96. The van der Waals surface area contributed by atoms with Gasteiger partial charge in [0.05, 0.1) is 13.7 Å². The van der Waals surface area contributed by atoms with E-state index in [0.717, 1.165) is 5.56 Å². The van der Waals surface area contributed by atoms with E-state index in [1.807, 2.05) is 16.8 Å². The first kappa shape index (κ1) is 23.9. The molecule has 2 aliphatic heterocycles. The zero-order valence-corrected chi connectivity index (χ0v) is 20.2. The third kappa shape index (κ3) is 4.84. The highest BCUT2D eigenvalue weighted by atomic mass is 32.1. The Kier molecular flexibility index (Phi) is 7.02. The number of benzene rings is 1. The molecule has 3 heterocycles. The smallest absolute Gasteiger partial charge is 0.325 e. The van der Waals surface area contributed by atoms with Crippen LogP contribution in [0.25, 0.3) is 0 Å². The molecule has 4 rings (SSSR count). The lowest BCUT2D eigenvalue weighted by atomic mass is 9.78. The van der Waals surface area contributed by atoms with Gasteiger partial charge in [0.25, 0.3) is 5.91 Å². The van der Waals surface area contributed by atoms with Crippen molar-refractivity contribution in [2.45, 2.75) is 44.7 Å². The van der Waals surface area contributed by atoms with Crippen molar-refractivity contribution in [1.82, 2.24) is 15.1 Å². The highest BCUT2D eigenvalue weighted by molar-refractivity contribution is 7.07. The van der Waals surface area contributed by atoms with Gasteiger partial charge in [-0.1, -0.05) is 0 Å². The Balaban J connectivity index is 1.28. The van der Waals surface area contributed by atoms with Crippen LogP contribution in [0.5, 0.6) is 5.75 Å². The number of carbonyl (C=O) groups is 4. The van der Waals surface area contributed by atoms with Crippen LogP contribution in [0.4, 0.5) is 4.79 Å². The number of nitrogens with zero attached hydrogens (tertiary/aromatic N) is 2. The van der Waals surface area contributed by atoms with Crippen molar-refractivity contribution in [1.29, 1.82) is 0 Å². The number of urea groups is 1. The molecular formula is C25H29N3O5S. The molecule has 0 radical (unpaired) electrons. The number of rotatable bonds is 8. The van der Waals surface area contributed by atoms with Gasteiger partial charge in [-0.25, -0.2) is 4.79 Å². The molecule has 2 saturated heterocycles. The van der Waals surface area contributed by atoms with Gasteiger partial charge >= 0.3 is 6.03 Å². The van der Waals surface area contributed by atoms with Crippen molar-refractivity contribution in [3.63, 3.8) is 0 Å². The largest absolute Gasteiger partial charge is 0.497 e. The number of thiophene rings is 1. The lowest BCUT2D eigenvalue weighted by Crippen LogP contribution is -2.54. The number of nitrogens with one attached hydrogen (secondary N) is 1. The minimum atomic E-state index is -0.966. The van der Waals surface area contributed by atoms with E-state index < -0.39 is 5.54 Å². The minimum absolute atomic E-state index is 0.0543. The number of piperidine rings is 1. The summed E-state index contributed by atoms with van der Waals surface area (Å²) in [5, 5.41) is 6.76. The van der Waals surface area contributed by atoms with E-state index >= 15 is 0 Å². The monoisotopic (exact) mass is 483 g/mol. The number of Topliss-reactive ketones (excluding diaryl/α,β-unsaturated/α-hetero) is 1. The molecule has 0 aliphatic carbocycles. The van der Waals surface area contributed by atoms with Gasteiger partial charge in [-0.3, -0.25) is 19.3 Å². The van der Waals surface area contributed by atoms with Gasteiger partial charge < -0.3 is 15.0 Å². The quantitative estimate of drug-likeness (QED) is 0.458. The van der Waals surface area contributed by atoms with Crippen LogP contribution in [0, 0.1) is 5.92 Å². The number of ketones is 1. The summed E-state index contributed by atoms with van der Waals surface area (Å²) in [4.78, 5) is 53.8. The first-order valence-corrected chi connectivity index (χ1v) is 12.4. The van der Waals surface area contributed by atoms with E-state index in [1.165, 1.54) is 16.2 Å². The maximum Gasteiger partial charge on any atom is 0.325 e. The summed E-state index contributed by atoms with van der Waals surface area (Å²) in [6, 6.07) is 8.40. The maximum absolute atomic E-state index is 13.2. The zero-order chi connectivity index (χ0) is 24.3. The summed E-state index contributed by atoms with van der Waals surface area (Å²) >= 11 is 1.53. The van der Waals surface area contributed by atoms with Crippen molar-refractivity contribution in [2.75, 3.05) is 20.2 Å². The first-order valence-electron chi connectivity index (χ1n) is 11.4. The second-order valence-corrected chi connectivity index (χ2v) is 9.74. The van der Waals surface area contributed by atoms with Gasteiger partial charge in [-0.15, -0.1) is 0 Å². The van der Waals surface area contributed by atoms with Crippen LogP contribution in [-0.2, 0) is 16.1 Å². The second kappa shape index (κ2) is 9.97. The Hall–Kier alpha value is -3.20. The van der Waals surface area contributed by atoms with Crippen LogP contribution in [0.2, 0.25) is 0 Å². The lowest BCUT2D eigenvalue weighted by molar-refractivity contribution is -0.135. The molecule has 0 bridgehead atoms. The first-order chi connectivity index (χ1) is 16.3. The standard InChI is InChI=1S/C25H29N3O5S/c1-25(23(31)28(24(32)26-25)15-17-11-14-34-16-17)19-9-12-27(13-10-19)22(30)8-7-21(29)18-3-5-20(33-2)6-4-18/h3-6,11,14,16,19H,7-10,12-13,15H2,1-2H3,(H,26,32)/t25-/m1/s1. The van der Waals surface area contributed by atoms with Crippen LogP contribution in [-0.4, -0.2) is 59.2 Å². The molecule has 1 N–H and O–H groups in total. The van der Waals surface area contributed by atoms with E-state index in [4.69, 9.17) is 4.74 Å². The fourth-order valence-corrected chi connectivity index (χ4v) is 5.37. The summed E-state index contributed by atoms with van der Waals surface area (Å²) in [5.41, 5.74) is 0.525. The summed E-state index contributed by atoms with van der Waals surface area (Å²) in [6.45, 7) is 3.06. The van der Waals surface area contributed by atoms with Gasteiger partial charge in [0, 0.05) is 31.5 Å². The molecule has 1 aromatic carbocycles. The van der Waals surface area contributed by atoms with Crippen molar-refractivity contribution in [3.8, 4) is 5.75 Å². The average Bonchev–Trinajstić information content (AvgIpc) is 3.45. The Bertz CT molecular complexity index is 1060. The molecule has 0 unspecified atom stereocenters. The van der Waals surface area contributed by atoms with Crippen molar-refractivity contribution in [2.24, 2.45) is 5.92 Å². The van der Waals surface area contributed by atoms with E-state index in [1.54, 1.807) is 43.2 Å². The van der Waals surface area contributed by atoms with Crippen molar-refractivity contribution < 1.29 is 23.9 Å². The predicted octanol–water partition coefficient (Wildman–Crippen LogP) is 3.47. The fraction of sp³-hybridized carbons (Fsp3) is 0.440. The number of amides is 4. The number of hydrogen-bond donors (Lipinski definition) is 1. The van der Waals surface area contributed by atoms with E-state index in [0.29, 0.717) is 37.2 Å². The van der Waals surface area contributed by atoms with Gasteiger partial charge in [0.1, 0.15) is 11.3 Å². The number of likely N-dealkylation sites (tertiary alicyclic amines) is 1. The summed E-state index contributed by atoms with van der Waals surface area (Å²) in [6.07, 6.45) is 1.53. The Morgan fingerprint density at radius 2 is 1.82 bits per heavy atom. The minimum Gasteiger partial charge on any atom is -0.497 e. The number of imide groups is 1. The van der Waals surface area contributed by atoms with Gasteiger partial charge in [-0.2, -0.15) is 11.3 Å².